The van der Waals surface area contributed by atoms with Crippen LogP contribution in [0.1, 0.15) is 25.7 Å². The van der Waals surface area contributed by atoms with Gasteiger partial charge in [-0.1, -0.05) is 0 Å². The van der Waals surface area contributed by atoms with E-state index in [1.165, 1.54) is 0 Å². The summed E-state index contributed by atoms with van der Waals surface area (Å²) >= 11 is 0. The average molecular weight is 172 g/mol. The lowest BCUT2D eigenvalue weighted by Gasteiger charge is -2.07. The molecular formula is C9H16O3. The summed E-state index contributed by atoms with van der Waals surface area (Å²) in [5.41, 5.74) is 0. The minimum Gasteiger partial charge on any atom is -0.384 e. The highest BCUT2D eigenvalue weighted by molar-refractivity contribution is 5.78. The molecular weight excluding hydrogens is 156 g/mol. The Balaban J connectivity index is 2.08. The third-order valence-corrected chi connectivity index (χ3v) is 2.06. The monoisotopic (exact) mass is 172 g/mol. The summed E-state index contributed by atoms with van der Waals surface area (Å²) in [6, 6.07) is 0. The molecule has 0 radical (unpaired) electrons. The number of rotatable bonds is 5. The van der Waals surface area contributed by atoms with Crippen LogP contribution in [0, 0.1) is 0 Å². The van der Waals surface area contributed by atoms with Crippen molar-refractivity contribution in [3.05, 3.63) is 0 Å². The quantitative estimate of drug-likeness (QED) is 0.624. The van der Waals surface area contributed by atoms with Gasteiger partial charge in [-0.2, -0.15) is 0 Å². The number of hydrogen-bond acceptors (Lipinski definition) is 3. The van der Waals surface area contributed by atoms with Crippen molar-refractivity contribution in [2.75, 3.05) is 20.3 Å². The molecule has 1 heterocycles. The van der Waals surface area contributed by atoms with Crippen LogP contribution >= 0.6 is 0 Å². The van der Waals surface area contributed by atoms with Gasteiger partial charge in [0.05, 0.1) is 12.7 Å². The van der Waals surface area contributed by atoms with Crippen LogP contribution in [0.4, 0.5) is 0 Å². The first-order chi connectivity index (χ1) is 5.83. The van der Waals surface area contributed by atoms with Gasteiger partial charge < -0.3 is 9.47 Å². The van der Waals surface area contributed by atoms with Gasteiger partial charge in [-0.3, -0.25) is 4.79 Å². The van der Waals surface area contributed by atoms with E-state index in [4.69, 9.17) is 9.47 Å². The zero-order chi connectivity index (χ0) is 8.81. The Bertz CT molecular complexity index is 139. The van der Waals surface area contributed by atoms with Crippen LogP contribution in [0.2, 0.25) is 0 Å². The van der Waals surface area contributed by atoms with Gasteiger partial charge in [-0.05, 0) is 12.8 Å². The zero-order valence-corrected chi connectivity index (χ0v) is 7.54. The predicted octanol–water partition coefficient (Wildman–Crippen LogP) is 1.16. The minimum absolute atomic E-state index is 0.189. The van der Waals surface area contributed by atoms with Crippen molar-refractivity contribution in [1.82, 2.24) is 0 Å². The first kappa shape index (κ1) is 9.68. The van der Waals surface area contributed by atoms with Gasteiger partial charge >= 0.3 is 0 Å². The second-order valence-corrected chi connectivity index (χ2v) is 3.12. The van der Waals surface area contributed by atoms with E-state index in [9.17, 15) is 4.79 Å². The van der Waals surface area contributed by atoms with Crippen LogP contribution in [0.15, 0.2) is 0 Å². The van der Waals surface area contributed by atoms with Crippen molar-refractivity contribution in [2.45, 2.75) is 31.8 Å². The number of ether oxygens (including phenoxy) is 2. The van der Waals surface area contributed by atoms with E-state index in [2.05, 4.69) is 0 Å². The summed E-state index contributed by atoms with van der Waals surface area (Å²) in [6.07, 6.45) is 3.43. The largest absolute Gasteiger partial charge is 0.384 e. The van der Waals surface area contributed by atoms with Crippen LogP contribution in [0.5, 0.6) is 0 Å². The smallest absolute Gasteiger partial charge is 0.137 e. The molecule has 1 aliphatic rings. The summed E-state index contributed by atoms with van der Waals surface area (Å²) in [7, 11) is 1.61. The summed E-state index contributed by atoms with van der Waals surface area (Å²) in [5.74, 6) is 0.253. The maximum Gasteiger partial charge on any atom is 0.137 e. The van der Waals surface area contributed by atoms with Gasteiger partial charge in [-0.25, -0.2) is 0 Å². The molecule has 1 aliphatic heterocycles. The molecule has 0 aliphatic carbocycles. The first-order valence-corrected chi connectivity index (χ1v) is 4.45. The normalized spacial score (nSPS) is 22.9. The van der Waals surface area contributed by atoms with Gasteiger partial charge in [0.15, 0.2) is 0 Å². The molecule has 1 atom stereocenters. The third-order valence-electron chi connectivity index (χ3n) is 2.06. The van der Waals surface area contributed by atoms with E-state index in [0.717, 1.165) is 19.4 Å². The average Bonchev–Trinajstić information content (AvgIpc) is 2.53. The lowest BCUT2D eigenvalue weighted by atomic mass is 10.1. The number of ketones is 1. The molecule has 0 saturated carbocycles. The molecule has 0 aromatic heterocycles. The lowest BCUT2D eigenvalue weighted by molar-refractivity contribution is -0.122. The highest BCUT2D eigenvalue weighted by atomic mass is 16.5. The molecule has 0 aromatic rings. The summed E-state index contributed by atoms with van der Waals surface area (Å²) in [5, 5.41) is 0. The Hall–Kier alpha value is -0.410. The number of Topliss-reactive ketones (excluding diaryl/α,β-unsaturated/α-hetero) is 1. The Morgan fingerprint density at radius 3 is 3.08 bits per heavy atom. The number of methoxy groups -OCH3 is 1. The fraction of sp³-hybridized carbons (Fsp3) is 0.889. The van der Waals surface area contributed by atoms with Crippen molar-refractivity contribution in [3.8, 4) is 0 Å². The molecule has 1 unspecified atom stereocenters. The van der Waals surface area contributed by atoms with Crippen molar-refractivity contribution in [3.63, 3.8) is 0 Å². The van der Waals surface area contributed by atoms with E-state index < -0.39 is 0 Å². The van der Waals surface area contributed by atoms with E-state index in [-0.39, 0.29) is 11.9 Å². The van der Waals surface area contributed by atoms with Crippen LogP contribution in [-0.4, -0.2) is 32.2 Å². The van der Waals surface area contributed by atoms with Gasteiger partial charge in [-0.15, -0.1) is 0 Å². The molecule has 0 bridgehead atoms. The van der Waals surface area contributed by atoms with Crippen molar-refractivity contribution in [1.29, 1.82) is 0 Å². The molecule has 1 fully saturated rings. The van der Waals surface area contributed by atoms with Crippen molar-refractivity contribution in [2.24, 2.45) is 0 Å². The fourth-order valence-corrected chi connectivity index (χ4v) is 1.38. The van der Waals surface area contributed by atoms with Gasteiger partial charge in [0.25, 0.3) is 0 Å². The maximum atomic E-state index is 11.2. The third kappa shape index (κ3) is 3.32. The highest BCUT2D eigenvalue weighted by Gasteiger charge is 2.18. The predicted molar refractivity (Wildman–Crippen MR) is 45.1 cm³/mol. The van der Waals surface area contributed by atoms with Crippen LogP contribution < -0.4 is 0 Å². The van der Waals surface area contributed by atoms with Crippen LogP contribution in [-0.2, 0) is 14.3 Å². The van der Waals surface area contributed by atoms with Crippen molar-refractivity contribution >= 4 is 5.78 Å². The van der Waals surface area contributed by atoms with E-state index in [1.807, 2.05) is 0 Å². The summed E-state index contributed by atoms with van der Waals surface area (Å²) in [6.45, 7) is 1.35. The molecule has 12 heavy (non-hydrogen) atoms. The van der Waals surface area contributed by atoms with E-state index >= 15 is 0 Å². The zero-order valence-electron chi connectivity index (χ0n) is 7.54. The van der Waals surface area contributed by atoms with Gasteiger partial charge in [0.2, 0.25) is 0 Å². The molecule has 0 spiro atoms. The molecule has 1 rings (SSSR count). The lowest BCUT2D eigenvalue weighted by Crippen LogP contribution is -2.13. The number of carbonyl (C=O) groups excluding carboxylic acids is 1. The molecule has 0 amide bonds. The molecule has 1 saturated heterocycles. The number of hydrogen-bond donors (Lipinski definition) is 0. The van der Waals surface area contributed by atoms with E-state index in [0.29, 0.717) is 19.4 Å². The molecule has 70 valence electrons. The molecule has 3 nitrogen and oxygen atoms in total. The first-order valence-electron chi connectivity index (χ1n) is 4.45. The minimum atomic E-state index is 0.189. The van der Waals surface area contributed by atoms with Crippen LogP contribution in [0.25, 0.3) is 0 Å². The number of carbonyl (C=O) groups is 1. The highest BCUT2D eigenvalue weighted by Crippen LogP contribution is 2.15. The van der Waals surface area contributed by atoms with Crippen LogP contribution in [0.3, 0.4) is 0 Å². The van der Waals surface area contributed by atoms with Gasteiger partial charge in [0.1, 0.15) is 5.78 Å². The Kier molecular flexibility index (Phi) is 4.25. The summed E-state index contributed by atoms with van der Waals surface area (Å²) < 4.78 is 10.2. The standard InChI is InChI=1S/C9H16O3/c1-11-6-4-8(10)7-9-3-2-5-12-9/h9H,2-7H2,1H3. The molecule has 0 aromatic carbocycles. The fourth-order valence-electron chi connectivity index (χ4n) is 1.38. The van der Waals surface area contributed by atoms with E-state index in [1.54, 1.807) is 7.11 Å². The molecule has 0 N–H and O–H groups in total. The summed E-state index contributed by atoms with van der Waals surface area (Å²) in [4.78, 5) is 11.2. The maximum absolute atomic E-state index is 11.2. The van der Waals surface area contributed by atoms with Gasteiger partial charge in [0, 0.05) is 26.6 Å². The Morgan fingerprint density at radius 2 is 2.50 bits per heavy atom. The second kappa shape index (κ2) is 5.27. The Labute approximate surface area is 73.0 Å². The van der Waals surface area contributed by atoms with Crippen molar-refractivity contribution < 1.29 is 14.3 Å². The second-order valence-electron chi connectivity index (χ2n) is 3.12. The Morgan fingerprint density at radius 1 is 1.67 bits per heavy atom. The molecule has 3 heteroatoms. The SMILES string of the molecule is COCCC(=O)CC1CCCO1. The topological polar surface area (TPSA) is 35.5 Å².